The topological polar surface area (TPSA) is 76.7 Å². The predicted octanol–water partition coefficient (Wildman–Crippen LogP) is 4.41. The first-order chi connectivity index (χ1) is 14.4. The average molecular weight is 408 g/mol. The molecule has 154 valence electrons. The third kappa shape index (κ3) is 5.57. The maximum atomic E-state index is 13.9. The summed E-state index contributed by atoms with van der Waals surface area (Å²) in [5.41, 5.74) is 1.81. The number of hydrogen-bond donors (Lipinski definition) is 2. The van der Waals surface area contributed by atoms with E-state index in [1.807, 2.05) is 0 Å². The lowest BCUT2D eigenvalue weighted by atomic mass is 10.2. The average Bonchev–Trinajstić information content (AvgIpc) is 2.74. The van der Waals surface area contributed by atoms with Crippen LogP contribution in [0, 0.1) is 12.7 Å². The fourth-order valence-electron chi connectivity index (χ4n) is 2.67. The van der Waals surface area contributed by atoms with Crippen molar-refractivity contribution in [1.82, 2.24) is 0 Å². The lowest BCUT2D eigenvalue weighted by molar-refractivity contribution is -0.118. The standard InChI is InChI=1S/C23H21FN2O4/c1-15-6-11-21(20(24)12-15)26-23(28)16-7-9-18(10-8-16)30-14-22(27)25-17-4-3-5-19(13-17)29-2/h3-13H,14H2,1-2H3,(H,25,27)(H,26,28). The van der Waals surface area contributed by atoms with Gasteiger partial charge in [-0.25, -0.2) is 4.39 Å². The lowest BCUT2D eigenvalue weighted by Gasteiger charge is -2.10. The quantitative estimate of drug-likeness (QED) is 0.607. The van der Waals surface area contributed by atoms with E-state index in [0.717, 1.165) is 5.56 Å². The molecular formula is C23H21FN2O4. The highest BCUT2D eigenvalue weighted by Gasteiger charge is 2.10. The predicted molar refractivity (Wildman–Crippen MR) is 113 cm³/mol. The van der Waals surface area contributed by atoms with Crippen molar-refractivity contribution in [1.29, 1.82) is 0 Å². The first-order valence-electron chi connectivity index (χ1n) is 9.19. The van der Waals surface area contributed by atoms with Crippen LogP contribution in [-0.2, 0) is 4.79 Å². The number of benzene rings is 3. The fourth-order valence-corrected chi connectivity index (χ4v) is 2.67. The van der Waals surface area contributed by atoms with Crippen molar-refractivity contribution in [2.45, 2.75) is 6.92 Å². The highest BCUT2D eigenvalue weighted by molar-refractivity contribution is 6.04. The normalized spacial score (nSPS) is 10.2. The largest absolute Gasteiger partial charge is 0.497 e. The number of methoxy groups -OCH3 is 1. The van der Waals surface area contributed by atoms with Gasteiger partial charge >= 0.3 is 0 Å². The van der Waals surface area contributed by atoms with Crippen molar-refractivity contribution in [2.24, 2.45) is 0 Å². The number of amides is 2. The third-order valence-corrected chi connectivity index (χ3v) is 4.21. The molecule has 0 saturated heterocycles. The molecule has 3 rings (SSSR count). The van der Waals surface area contributed by atoms with Gasteiger partial charge in [-0.15, -0.1) is 0 Å². The second kappa shape index (κ2) is 9.56. The van der Waals surface area contributed by atoms with Gasteiger partial charge in [-0.05, 0) is 61.0 Å². The SMILES string of the molecule is COc1cccc(NC(=O)COc2ccc(C(=O)Nc3ccc(C)cc3F)cc2)c1. The highest BCUT2D eigenvalue weighted by atomic mass is 19.1. The molecule has 0 aromatic heterocycles. The summed E-state index contributed by atoms with van der Waals surface area (Å²) in [7, 11) is 1.55. The number of anilines is 2. The van der Waals surface area contributed by atoms with Crippen LogP contribution in [0.25, 0.3) is 0 Å². The van der Waals surface area contributed by atoms with E-state index < -0.39 is 11.7 Å². The van der Waals surface area contributed by atoms with Crippen LogP contribution in [0.3, 0.4) is 0 Å². The number of rotatable bonds is 7. The van der Waals surface area contributed by atoms with Crippen LogP contribution in [0.5, 0.6) is 11.5 Å². The molecule has 0 radical (unpaired) electrons. The minimum atomic E-state index is -0.495. The van der Waals surface area contributed by atoms with Crippen LogP contribution >= 0.6 is 0 Å². The van der Waals surface area contributed by atoms with Crippen LogP contribution in [0.2, 0.25) is 0 Å². The number of aryl methyl sites for hydroxylation is 1. The lowest BCUT2D eigenvalue weighted by Crippen LogP contribution is -2.20. The van der Waals surface area contributed by atoms with Gasteiger partial charge in [0.05, 0.1) is 12.8 Å². The smallest absolute Gasteiger partial charge is 0.262 e. The number of nitrogens with one attached hydrogen (secondary N) is 2. The Morgan fingerprint density at radius 3 is 2.40 bits per heavy atom. The molecule has 3 aromatic carbocycles. The minimum Gasteiger partial charge on any atom is -0.497 e. The Labute approximate surface area is 173 Å². The molecule has 0 bridgehead atoms. The first-order valence-corrected chi connectivity index (χ1v) is 9.19. The summed E-state index contributed by atoms with van der Waals surface area (Å²) in [5.74, 6) is -0.215. The van der Waals surface area contributed by atoms with Crippen molar-refractivity contribution in [3.63, 3.8) is 0 Å². The van der Waals surface area contributed by atoms with Crippen molar-refractivity contribution >= 4 is 23.2 Å². The Hall–Kier alpha value is -3.87. The number of carbonyl (C=O) groups is 2. The van der Waals surface area contributed by atoms with Crippen molar-refractivity contribution in [3.8, 4) is 11.5 Å². The molecule has 3 aromatic rings. The number of ether oxygens (including phenoxy) is 2. The molecule has 2 N–H and O–H groups in total. The van der Waals surface area contributed by atoms with Crippen molar-refractivity contribution in [2.75, 3.05) is 24.4 Å². The Balaban J connectivity index is 1.53. The number of hydrogen-bond acceptors (Lipinski definition) is 4. The van der Waals surface area contributed by atoms with E-state index in [9.17, 15) is 14.0 Å². The van der Waals surface area contributed by atoms with Crippen LogP contribution in [0.1, 0.15) is 15.9 Å². The van der Waals surface area contributed by atoms with E-state index in [1.54, 1.807) is 56.5 Å². The van der Waals surface area contributed by atoms with Gasteiger partial charge in [0.2, 0.25) is 0 Å². The molecule has 30 heavy (non-hydrogen) atoms. The summed E-state index contributed by atoms with van der Waals surface area (Å²) in [6.45, 7) is 1.57. The van der Waals surface area contributed by atoms with Crippen LogP contribution in [0.15, 0.2) is 66.7 Å². The Kier molecular flexibility index (Phi) is 6.64. The Bertz CT molecular complexity index is 1050. The van der Waals surface area contributed by atoms with Crippen LogP contribution in [0.4, 0.5) is 15.8 Å². The summed E-state index contributed by atoms with van der Waals surface area (Å²) in [5, 5.41) is 5.24. The van der Waals surface area contributed by atoms with E-state index in [0.29, 0.717) is 22.7 Å². The molecule has 0 atom stereocenters. The summed E-state index contributed by atoms with van der Waals surface area (Å²) < 4.78 is 24.4. The van der Waals surface area contributed by atoms with E-state index in [4.69, 9.17) is 9.47 Å². The molecule has 0 aliphatic heterocycles. The van der Waals surface area contributed by atoms with Crippen LogP contribution in [-0.4, -0.2) is 25.5 Å². The van der Waals surface area contributed by atoms with Crippen molar-refractivity contribution < 1.29 is 23.5 Å². The van der Waals surface area contributed by atoms with E-state index in [1.165, 1.54) is 24.3 Å². The van der Waals surface area contributed by atoms with Gasteiger partial charge in [0.15, 0.2) is 6.61 Å². The van der Waals surface area contributed by atoms with Gasteiger partial charge in [-0.1, -0.05) is 12.1 Å². The molecule has 0 fully saturated rings. The summed E-state index contributed by atoms with van der Waals surface area (Å²) >= 11 is 0. The minimum absolute atomic E-state index is 0.111. The molecule has 0 heterocycles. The summed E-state index contributed by atoms with van der Waals surface area (Å²) in [4.78, 5) is 24.3. The Morgan fingerprint density at radius 2 is 1.70 bits per heavy atom. The molecule has 0 unspecified atom stereocenters. The van der Waals surface area contributed by atoms with Gasteiger partial charge in [0.25, 0.3) is 11.8 Å². The Morgan fingerprint density at radius 1 is 0.933 bits per heavy atom. The summed E-state index contributed by atoms with van der Waals surface area (Å²) in [6, 6.07) is 17.8. The zero-order valence-electron chi connectivity index (χ0n) is 16.6. The van der Waals surface area contributed by atoms with Gasteiger partial charge in [0, 0.05) is 17.3 Å². The number of carbonyl (C=O) groups excluding carboxylic acids is 2. The molecular weight excluding hydrogens is 387 g/mol. The van der Waals surface area contributed by atoms with E-state index in [2.05, 4.69) is 10.6 Å². The highest BCUT2D eigenvalue weighted by Crippen LogP contribution is 2.19. The molecule has 0 saturated carbocycles. The maximum Gasteiger partial charge on any atom is 0.262 e. The van der Waals surface area contributed by atoms with Gasteiger partial charge in [-0.2, -0.15) is 0 Å². The first kappa shape index (κ1) is 20.9. The summed E-state index contributed by atoms with van der Waals surface area (Å²) in [6.07, 6.45) is 0. The zero-order chi connectivity index (χ0) is 21.5. The maximum absolute atomic E-state index is 13.9. The monoisotopic (exact) mass is 408 g/mol. The molecule has 0 aliphatic rings. The second-order valence-electron chi connectivity index (χ2n) is 6.53. The molecule has 6 nitrogen and oxygen atoms in total. The van der Waals surface area contributed by atoms with Crippen molar-refractivity contribution in [3.05, 3.63) is 83.7 Å². The molecule has 0 spiro atoms. The second-order valence-corrected chi connectivity index (χ2v) is 6.53. The molecule has 7 heteroatoms. The number of halogens is 1. The van der Waals surface area contributed by atoms with Gasteiger partial charge in [0.1, 0.15) is 17.3 Å². The zero-order valence-corrected chi connectivity index (χ0v) is 16.6. The van der Waals surface area contributed by atoms with Gasteiger partial charge in [-0.3, -0.25) is 9.59 Å². The fraction of sp³-hybridized carbons (Fsp3) is 0.130. The molecule has 2 amide bonds. The van der Waals surface area contributed by atoms with Gasteiger partial charge < -0.3 is 20.1 Å². The third-order valence-electron chi connectivity index (χ3n) is 4.21. The van der Waals surface area contributed by atoms with E-state index in [-0.39, 0.29) is 18.2 Å². The molecule has 0 aliphatic carbocycles. The van der Waals surface area contributed by atoms with Crippen LogP contribution < -0.4 is 20.1 Å². The van der Waals surface area contributed by atoms with E-state index >= 15 is 0 Å².